The molecule has 134 valence electrons. The molecule has 0 spiro atoms. The van der Waals surface area contributed by atoms with E-state index in [1.807, 2.05) is 0 Å². The van der Waals surface area contributed by atoms with E-state index < -0.39 is 0 Å². The maximum Gasteiger partial charge on any atom is 0.231 e. The van der Waals surface area contributed by atoms with E-state index in [1.54, 1.807) is 12.1 Å². The summed E-state index contributed by atoms with van der Waals surface area (Å²) in [7, 11) is 0. The SMILES string of the molecule is OC1CCCCC1N1CCCC(c2nc(-c3cccc(F)c3)no2)C1. The molecular weight excluding hydrogens is 321 g/mol. The van der Waals surface area contributed by atoms with Gasteiger partial charge in [0.05, 0.1) is 12.0 Å². The van der Waals surface area contributed by atoms with E-state index in [4.69, 9.17) is 4.52 Å². The van der Waals surface area contributed by atoms with E-state index in [2.05, 4.69) is 15.0 Å². The van der Waals surface area contributed by atoms with Crippen molar-refractivity contribution in [1.29, 1.82) is 0 Å². The predicted molar refractivity (Wildman–Crippen MR) is 91.5 cm³/mol. The van der Waals surface area contributed by atoms with Crippen LogP contribution in [0.4, 0.5) is 4.39 Å². The molecule has 3 unspecified atom stereocenters. The molecule has 3 atom stereocenters. The van der Waals surface area contributed by atoms with Gasteiger partial charge in [-0.2, -0.15) is 4.98 Å². The van der Waals surface area contributed by atoms with Crippen molar-refractivity contribution in [2.24, 2.45) is 0 Å². The zero-order chi connectivity index (χ0) is 17.2. The molecule has 1 aromatic heterocycles. The van der Waals surface area contributed by atoms with Gasteiger partial charge in [0.2, 0.25) is 11.7 Å². The summed E-state index contributed by atoms with van der Waals surface area (Å²) in [5.41, 5.74) is 0.630. The number of aliphatic hydroxyl groups excluding tert-OH is 1. The van der Waals surface area contributed by atoms with Gasteiger partial charge in [0.1, 0.15) is 5.82 Å². The van der Waals surface area contributed by atoms with Crippen molar-refractivity contribution < 1.29 is 14.0 Å². The lowest BCUT2D eigenvalue weighted by atomic mass is 9.88. The first kappa shape index (κ1) is 16.7. The van der Waals surface area contributed by atoms with E-state index in [0.29, 0.717) is 17.3 Å². The van der Waals surface area contributed by atoms with Gasteiger partial charge in [-0.25, -0.2) is 4.39 Å². The summed E-state index contributed by atoms with van der Waals surface area (Å²) in [6, 6.07) is 6.50. The Kier molecular flexibility index (Phi) is 4.81. The van der Waals surface area contributed by atoms with Crippen LogP contribution < -0.4 is 0 Å². The molecule has 6 heteroatoms. The van der Waals surface area contributed by atoms with Crippen LogP contribution in [0.2, 0.25) is 0 Å². The van der Waals surface area contributed by atoms with Crippen LogP contribution in [-0.4, -0.2) is 45.4 Å². The first-order valence-electron chi connectivity index (χ1n) is 9.22. The third kappa shape index (κ3) is 3.60. The lowest BCUT2D eigenvalue weighted by Gasteiger charge is -2.41. The van der Waals surface area contributed by atoms with Crippen LogP contribution in [0.25, 0.3) is 11.4 Å². The Bertz CT molecular complexity index is 720. The van der Waals surface area contributed by atoms with Crippen molar-refractivity contribution in [1.82, 2.24) is 15.0 Å². The summed E-state index contributed by atoms with van der Waals surface area (Å²) in [6.45, 7) is 1.86. The maximum absolute atomic E-state index is 13.4. The average Bonchev–Trinajstić information content (AvgIpc) is 3.12. The van der Waals surface area contributed by atoms with Crippen LogP contribution >= 0.6 is 0 Å². The summed E-state index contributed by atoms with van der Waals surface area (Å²) in [4.78, 5) is 6.90. The molecule has 1 aromatic carbocycles. The number of aliphatic hydroxyl groups is 1. The highest BCUT2D eigenvalue weighted by atomic mass is 19.1. The van der Waals surface area contributed by atoms with Crippen LogP contribution in [0.1, 0.15) is 50.3 Å². The normalized spacial score (nSPS) is 28.2. The van der Waals surface area contributed by atoms with Crippen molar-refractivity contribution in [2.75, 3.05) is 13.1 Å². The van der Waals surface area contributed by atoms with Gasteiger partial charge in [-0.1, -0.05) is 30.1 Å². The second kappa shape index (κ2) is 7.22. The molecule has 2 heterocycles. The van der Waals surface area contributed by atoms with Crippen LogP contribution in [0.3, 0.4) is 0 Å². The third-order valence-electron chi connectivity index (χ3n) is 5.49. The average molecular weight is 345 g/mol. The quantitative estimate of drug-likeness (QED) is 0.924. The molecular formula is C19H24FN3O2. The molecule has 25 heavy (non-hydrogen) atoms. The third-order valence-corrected chi connectivity index (χ3v) is 5.49. The molecule has 1 saturated carbocycles. The first-order valence-corrected chi connectivity index (χ1v) is 9.22. The van der Waals surface area contributed by atoms with Gasteiger partial charge >= 0.3 is 0 Å². The minimum absolute atomic E-state index is 0.178. The monoisotopic (exact) mass is 345 g/mol. The Morgan fingerprint density at radius 2 is 2.04 bits per heavy atom. The number of likely N-dealkylation sites (tertiary alicyclic amines) is 1. The Morgan fingerprint density at radius 3 is 2.88 bits per heavy atom. The van der Waals surface area contributed by atoms with Crippen molar-refractivity contribution in [3.05, 3.63) is 36.0 Å². The number of rotatable bonds is 3. The summed E-state index contributed by atoms with van der Waals surface area (Å²) in [5, 5.41) is 14.4. The Hall–Kier alpha value is -1.79. The number of aromatic nitrogens is 2. The molecule has 1 aliphatic heterocycles. The van der Waals surface area contributed by atoms with Gasteiger partial charge in [-0.05, 0) is 44.4 Å². The number of benzene rings is 1. The van der Waals surface area contributed by atoms with Crippen LogP contribution in [0.5, 0.6) is 0 Å². The predicted octanol–water partition coefficient (Wildman–Crippen LogP) is 3.36. The minimum Gasteiger partial charge on any atom is -0.391 e. The summed E-state index contributed by atoms with van der Waals surface area (Å²) < 4.78 is 18.9. The number of hydrogen-bond donors (Lipinski definition) is 1. The Labute approximate surface area is 146 Å². The van der Waals surface area contributed by atoms with E-state index in [0.717, 1.165) is 45.2 Å². The highest BCUT2D eigenvalue weighted by molar-refractivity contribution is 5.53. The lowest BCUT2D eigenvalue weighted by Crippen LogP contribution is -2.49. The van der Waals surface area contributed by atoms with E-state index in [-0.39, 0.29) is 23.9 Å². The largest absolute Gasteiger partial charge is 0.391 e. The Morgan fingerprint density at radius 1 is 1.16 bits per heavy atom. The lowest BCUT2D eigenvalue weighted by molar-refractivity contribution is 0.00513. The number of halogens is 1. The molecule has 2 aliphatic rings. The van der Waals surface area contributed by atoms with Gasteiger partial charge in [-0.15, -0.1) is 0 Å². The molecule has 2 fully saturated rings. The highest BCUT2D eigenvalue weighted by Gasteiger charge is 2.34. The molecule has 1 aliphatic carbocycles. The topological polar surface area (TPSA) is 62.4 Å². The molecule has 1 N–H and O–H groups in total. The smallest absolute Gasteiger partial charge is 0.231 e. The fourth-order valence-corrected chi connectivity index (χ4v) is 4.17. The zero-order valence-corrected chi connectivity index (χ0v) is 14.3. The summed E-state index contributed by atoms with van der Waals surface area (Å²) in [5.74, 6) is 0.926. The van der Waals surface area contributed by atoms with E-state index in [1.165, 1.54) is 18.6 Å². The fourth-order valence-electron chi connectivity index (χ4n) is 4.17. The van der Waals surface area contributed by atoms with Crippen LogP contribution in [-0.2, 0) is 0 Å². The maximum atomic E-state index is 13.4. The van der Waals surface area contributed by atoms with Crippen molar-refractivity contribution in [3.8, 4) is 11.4 Å². The van der Waals surface area contributed by atoms with Crippen LogP contribution in [0.15, 0.2) is 28.8 Å². The number of piperidine rings is 1. The zero-order valence-electron chi connectivity index (χ0n) is 14.3. The van der Waals surface area contributed by atoms with Crippen molar-refractivity contribution >= 4 is 0 Å². The minimum atomic E-state index is -0.307. The molecule has 0 bridgehead atoms. The number of hydrogen-bond acceptors (Lipinski definition) is 5. The van der Waals surface area contributed by atoms with Gasteiger partial charge in [0.15, 0.2) is 0 Å². The second-order valence-corrected chi connectivity index (χ2v) is 7.22. The second-order valence-electron chi connectivity index (χ2n) is 7.22. The van der Waals surface area contributed by atoms with Crippen molar-refractivity contribution in [3.63, 3.8) is 0 Å². The standard InChI is InChI=1S/C19H24FN3O2/c20-15-7-3-5-13(11-15)18-21-19(25-22-18)14-6-4-10-23(12-14)16-8-1-2-9-17(16)24/h3,5,7,11,14,16-17,24H,1-2,4,6,8-10,12H2. The van der Waals surface area contributed by atoms with Gasteiger partial charge in [0.25, 0.3) is 0 Å². The van der Waals surface area contributed by atoms with Crippen molar-refractivity contribution in [2.45, 2.75) is 56.6 Å². The van der Waals surface area contributed by atoms with Gasteiger partial charge in [0, 0.05) is 18.2 Å². The molecule has 2 aromatic rings. The van der Waals surface area contributed by atoms with E-state index in [9.17, 15) is 9.50 Å². The Balaban J connectivity index is 1.48. The molecule has 5 nitrogen and oxygen atoms in total. The molecule has 4 rings (SSSR count). The van der Waals surface area contributed by atoms with Gasteiger partial charge < -0.3 is 9.63 Å². The summed E-state index contributed by atoms with van der Waals surface area (Å²) in [6.07, 6.45) is 6.11. The molecule has 0 amide bonds. The van der Waals surface area contributed by atoms with Gasteiger partial charge in [-0.3, -0.25) is 4.90 Å². The highest BCUT2D eigenvalue weighted by Crippen LogP contribution is 2.32. The fraction of sp³-hybridized carbons (Fsp3) is 0.579. The first-order chi connectivity index (χ1) is 12.2. The number of nitrogens with zero attached hydrogens (tertiary/aromatic N) is 3. The molecule has 0 radical (unpaired) electrons. The molecule has 1 saturated heterocycles. The van der Waals surface area contributed by atoms with Crippen LogP contribution in [0, 0.1) is 5.82 Å². The van der Waals surface area contributed by atoms with E-state index >= 15 is 0 Å². The summed E-state index contributed by atoms with van der Waals surface area (Å²) >= 11 is 0.